The molecule has 2 N–H and O–H groups in total. The minimum atomic E-state index is -4.48. The van der Waals surface area contributed by atoms with Crippen molar-refractivity contribution < 1.29 is 27.5 Å². The summed E-state index contributed by atoms with van der Waals surface area (Å²) in [5, 5.41) is 5.34. The average molecular weight is 424 g/mol. The van der Waals surface area contributed by atoms with Crippen molar-refractivity contribution in [2.45, 2.75) is 46.5 Å². The molecule has 0 radical (unpaired) electrons. The highest BCUT2D eigenvalue weighted by atomic mass is 19.4. The van der Waals surface area contributed by atoms with Crippen molar-refractivity contribution in [3.63, 3.8) is 0 Å². The van der Waals surface area contributed by atoms with E-state index in [4.69, 9.17) is 4.74 Å². The lowest BCUT2D eigenvalue weighted by atomic mass is 10.2. The van der Waals surface area contributed by atoms with Crippen molar-refractivity contribution in [1.82, 2.24) is 15.3 Å². The van der Waals surface area contributed by atoms with Crippen molar-refractivity contribution in [2.24, 2.45) is 5.92 Å². The Hall–Kier alpha value is -3.17. The molecule has 0 aliphatic heterocycles. The Morgan fingerprint density at radius 2 is 1.87 bits per heavy atom. The van der Waals surface area contributed by atoms with Gasteiger partial charge in [-0.15, -0.1) is 0 Å². The molecule has 2 heterocycles. The molecule has 0 spiro atoms. The molecule has 10 heteroatoms. The Bertz CT molecular complexity index is 899. The molecule has 0 aromatic carbocycles. The van der Waals surface area contributed by atoms with Crippen LogP contribution in [0.1, 0.15) is 42.4 Å². The molecule has 7 nitrogen and oxygen atoms in total. The Balaban J connectivity index is 1.98. The minimum absolute atomic E-state index is 0.107. The van der Waals surface area contributed by atoms with Gasteiger partial charge in [0.05, 0.1) is 0 Å². The summed E-state index contributed by atoms with van der Waals surface area (Å²) in [7, 11) is 0. The van der Waals surface area contributed by atoms with Crippen LogP contribution < -0.4 is 15.4 Å². The number of ether oxygens (including phenoxy) is 1. The van der Waals surface area contributed by atoms with Gasteiger partial charge in [-0.05, 0) is 31.5 Å². The summed E-state index contributed by atoms with van der Waals surface area (Å²) in [5.41, 5.74) is 1.45. The highest BCUT2D eigenvalue weighted by Gasteiger charge is 2.38. The zero-order valence-corrected chi connectivity index (χ0v) is 17.0. The number of carbonyl (C=O) groups is 2. The molecule has 2 aromatic heterocycles. The fourth-order valence-electron chi connectivity index (χ4n) is 2.25. The fraction of sp³-hybridized carbons (Fsp3) is 0.400. The molecule has 0 fully saturated rings. The number of halogens is 3. The van der Waals surface area contributed by atoms with Gasteiger partial charge in [-0.3, -0.25) is 9.59 Å². The summed E-state index contributed by atoms with van der Waals surface area (Å²) in [6, 6.07) is 5.86. The number of nitrogens with one attached hydrogen (secondary N) is 2. The zero-order chi connectivity index (χ0) is 22.5. The van der Waals surface area contributed by atoms with Gasteiger partial charge in [0.2, 0.25) is 11.8 Å². The van der Waals surface area contributed by atoms with Crippen molar-refractivity contribution in [3.8, 4) is 5.88 Å². The van der Waals surface area contributed by atoms with E-state index in [9.17, 15) is 22.8 Å². The van der Waals surface area contributed by atoms with E-state index in [1.807, 2.05) is 0 Å². The van der Waals surface area contributed by atoms with Crippen molar-refractivity contribution in [1.29, 1.82) is 0 Å². The van der Waals surface area contributed by atoms with E-state index in [1.54, 1.807) is 26.8 Å². The first-order valence-electron chi connectivity index (χ1n) is 9.21. The molecule has 162 valence electrons. The maximum Gasteiger partial charge on any atom is 0.425 e. The van der Waals surface area contributed by atoms with Gasteiger partial charge in [0, 0.05) is 36.0 Å². The normalized spacial score (nSPS) is 12.4. The molecular formula is C20H23F3N4O3. The largest absolute Gasteiger partial charge is 0.465 e. The predicted octanol–water partition coefficient (Wildman–Crippen LogP) is 3.64. The quantitative estimate of drug-likeness (QED) is 0.708. The van der Waals surface area contributed by atoms with E-state index in [-0.39, 0.29) is 30.1 Å². The van der Waals surface area contributed by atoms with Crippen LogP contribution in [0.15, 0.2) is 30.5 Å². The number of rotatable bonds is 7. The molecule has 2 amide bonds. The highest BCUT2D eigenvalue weighted by Crippen LogP contribution is 2.23. The molecule has 0 saturated heterocycles. The highest BCUT2D eigenvalue weighted by molar-refractivity contribution is 5.97. The number of nitrogens with zero attached hydrogens (tertiary/aromatic N) is 2. The maximum absolute atomic E-state index is 12.5. The van der Waals surface area contributed by atoms with Gasteiger partial charge >= 0.3 is 6.18 Å². The fourth-order valence-corrected chi connectivity index (χ4v) is 2.25. The van der Waals surface area contributed by atoms with Crippen LogP contribution in [-0.2, 0) is 11.3 Å². The second-order valence-corrected chi connectivity index (χ2v) is 7.02. The zero-order valence-electron chi connectivity index (χ0n) is 17.0. The van der Waals surface area contributed by atoms with Gasteiger partial charge in [-0.25, -0.2) is 9.97 Å². The first-order valence-corrected chi connectivity index (χ1v) is 9.21. The van der Waals surface area contributed by atoms with Crippen LogP contribution in [0.25, 0.3) is 0 Å². The number of hydrogen-bond acceptors (Lipinski definition) is 5. The lowest BCUT2D eigenvalue weighted by molar-refractivity contribution is -0.189. The lowest BCUT2D eigenvalue weighted by Gasteiger charge is -2.16. The monoisotopic (exact) mass is 424 g/mol. The third-order valence-electron chi connectivity index (χ3n) is 4.00. The summed E-state index contributed by atoms with van der Waals surface area (Å²) in [6.07, 6.45) is -5.13. The standard InChI is InChI=1S/C20H23F3N4O3/c1-11(2)18(28)27-16-8-15(7-12(3)26-16)19(29)25-10-14-5-6-17(24-9-14)30-13(4)20(21,22)23/h5-9,11,13H,10H2,1-4H3,(H,25,29)(H,26,27,28). The van der Waals surface area contributed by atoms with E-state index in [2.05, 4.69) is 20.6 Å². The van der Waals surface area contributed by atoms with Crippen LogP contribution in [0, 0.1) is 12.8 Å². The first kappa shape index (κ1) is 23.1. The van der Waals surface area contributed by atoms with E-state index in [0.717, 1.165) is 6.92 Å². The molecule has 1 unspecified atom stereocenters. The molecule has 30 heavy (non-hydrogen) atoms. The van der Waals surface area contributed by atoms with E-state index < -0.39 is 18.2 Å². The first-order chi connectivity index (χ1) is 14.0. The second-order valence-electron chi connectivity index (χ2n) is 7.02. The Labute approximate surface area is 172 Å². The predicted molar refractivity (Wildman–Crippen MR) is 104 cm³/mol. The molecular weight excluding hydrogens is 401 g/mol. The van der Waals surface area contributed by atoms with E-state index in [1.165, 1.54) is 24.4 Å². The van der Waals surface area contributed by atoms with E-state index in [0.29, 0.717) is 16.8 Å². The molecule has 0 aliphatic rings. The van der Waals surface area contributed by atoms with Crippen molar-refractivity contribution >= 4 is 17.6 Å². The summed E-state index contributed by atoms with van der Waals surface area (Å²) >= 11 is 0. The lowest BCUT2D eigenvalue weighted by Crippen LogP contribution is -2.31. The maximum atomic E-state index is 12.5. The van der Waals surface area contributed by atoms with Crippen LogP contribution >= 0.6 is 0 Å². The van der Waals surface area contributed by atoms with Gasteiger partial charge in [0.1, 0.15) is 5.82 Å². The summed E-state index contributed by atoms with van der Waals surface area (Å²) < 4.78 is 42.3. The smallest absolute Gasteiger partial charge is 0.425 e. The van der Waals surface area contributed by atoms with Gasteiger partial charge in [-0.2, -0.15) is 13.2 Å². The summed E-state index contributed by atoms with van der Waals surface area (Å²) in [6.45, 7) is 6.19. The van der Waals surface area contributed by atoms with E-state index >= 15 is 0 Å². The SMILES string of the molecule is Cc1cc(C(=O)NCc2ccc(OC(C)C(F)(F)F)nc2)cc(NC(=O)C(C)C)n1. The van der Waals surface area contributed by atoms with Crippen LogP contribution in [0.2, 0.25) is 0 Å². The number of amides is 2. The van der Waals surface area contributed by atoms with Gasteiger partial charge in [0.15, 0.2) is 6.10 Å². The van der Waals surface area contributed by atoms with Gasteiger partial charge in [0.25, 0.3) is 5.91 Å². The topological polar surface area (TPSA) is 93.2 Å². The molecule has 1 atom stereocenters. The summed E-state index contributed by atoms with van der Waals surface area (Å²) in [5.74, 6) is -0.728. The number of anilines is 1. The number of pyridine rings is 2. The molecule has 2 aromatic rings. The Morgan fingerprint density at radius 1 is 1.17 bits per heavy atom. The number of aryl methyl sites for hydroxylation is 1. The molecule has 2 rings (SSSR count). The van der Waals surface area contributed by atoms with Crippen molar-refractivity contribution in [2.75, 3.05) is 5.32 Å². The second kappa shape index (κ2) is 9.55. The third-order valence-corrected chi connectivity index (χ3v) is 4.00. The number of aromatic nitrogens is 2. The van der Waals surface area contributed by atoms with Crippen LogP contribution in [0.4, 0.5) is 19.0 Å². The Morgan fingerprint density at radius 3 is 2.43 bits per heavy atom. The van der Waals surface area contributed by atoms with Crippen LogP contribution in [-0.4, -0.2) is 34.1 Å². The number of carbonyl (C=O) groups excluding carboxylic acids is 2. The van der Waals surface area contributed by atoms with Crippen LogP contribution in [0.5, 0.6) is 5.88 Å². The molecule has 0 aliphatic carbocycles. The van der Waals surface area contributed by atoms with Crippen molar-refractivity contribution in [3.05, 3.63) is 47.3 Å². The molecule has 0 saturated carbocycles. The minimum Gasteiger partial charge on any atom is -0.465 e. The number of hydrogen-bond donors (Lipinski definition) is 2. The number of alkyl halides is 3. The summed E-state index contributed by atoms with van der Waals surface area (Å²) in [4.78, 5) is 32.3. The van der Waals surface area contributed by atoms with Gasteiger partial charge < -0.3 is 15.4 Å². The molecule has 0 bridgehead atoms. The third kappa shape index (κ3) is 6.71. The van der Waals surface area contributed by atoms with Crippen LogP contribution in [0.3, 0.4) is 0 Å². The van der Waals surface area contributed by atoms with Gasteiger partial charge in [-0.1, -0.05) is 19.9 Å². The Kier molecular flexibility index (Phi) is 7.36. The average Bonchev–Trinajstić information content (AvgIpc) is 2.65.